The molecule has 0 aliphatic carbocycles. The molecule has 0 aliphatic rings. The van der Waals surface area contributed by atoms with E-state index in [1.165, 1.54) is 10.8 Å². The first-order valence-corrected chi connectivity index (χ1v) is 6.73. The third-order valence-electron chi connectivity index (χ3n) is 2.97. The monoisotopic (exact) mass is 289 g/mol. The van der Waals surface area contributed by atoms with Crippen LogP contribution in [0.15, 0.2) is 47.6 Å². The Morgan fingerprint density at radius 1 is 1.41 bits per heavy atom. The average Bonchev–Trinajstić information content (AvgIpc) is 2.35. The minimum Gasteiger partial charge on any atom is -0.245 e. The molecule has 0 saturated heterocycles. The largest absolute Gasteiger partial charge is 0.245 e. The van der Waals surface area contributed by atoms with Crippen LogP contribution in [0.1, 0.15) is 31.4 Å². The van der Waals surface area contributed by atoms with Gasteiger partial charge >= 0.3 is 0 Å². The molecule has 1 heterocycles. The molecule has 1 aromatic heterocycles. The highest BCUT2D eigenvalue weighted by molar-refractivity contribution is 9.10. The molecule has 2 rings (SSSR count). The predicted octanol–water partition coefficient (Wildman–Crippen LogP) is 5.07. The van der Waals surface area contributed by atoms with Gasteiger partial charge in [0.05, 0.1) is 5.69 Å². The minimum atomic E-state index is 0.336. The quantitative estimate of drug-likeness (QED) is 0.566. The van der Waals surface area contributed by atoms with Gasteiger partial charge in [0.25, 0.3) is 0 Å². The Labute approximate surface area is 111 Å². The molecule has 0 radical (unpaired) electrons. The van der Waals surface area contributed by atoms with Gasteiger partial charge in [0, 0.05) is 11.3 Å². The highest BCUT2D eigenvalue weighted by Gasteiger charge is 2.12. The summed E-state index contributed by atoms with van der Waals surface area (Å²) in [6.07, 6.45) is 4.24. The van der Waals surface area contributed by atoms with Gasteiger partial charge in [-0.2, -0.15) is 0 Å². The third-order valence-corrected chi connectivity index (χ3v) is 3.38. The maximum Gasteiger partial charge on any atom is 0.107 e. The van der Waals surface area contributed by atoms with Crippen molar-refractivity contribution >= 4 is 26.7 Å². The van der Waals surface area contributed by atoms with Crippen LogP contribution in [0.2, 0.25) is 0 Å². The predicted molar refractivity (Wildman–Crippen MR) is 77.3 cm³/mol. The van der Waals surface area contributed by atoms with E-state index in [1.54, 1.807) is 0 Å². The van der Waals surface area contributed by atoms with Crippen LogP contribution >= 0.6 is 15.9 Å². The molecule has 0 bridgehead atoms. The topological polar surface area (TPSA) is 12.9 Å². The molecule has 17 heavy (non-hydrogen) atoms. The second-order valence-corrected chi connectivity index (χ2v) is 4.99. The molecule has 1 aromatic carbocycles. The zero-order valence-corrected chi connectivity index (χ0v) is 11.6. The van der Waals surface area contributed by atoms with E-state index in [4.69, 9.17) is 0 Å². The Bertz CT molecular complexity index is 533. The van der Waals surface area contributed by atoms with Crippen LogP contribution in [0.3, 0.4) is 0 Å². The fraction of sp³-hybridized carbons (Fsp3) is 0.267. The van der Waals surface area contributed by atoms with Gasteiger partial charge in [-0.25, -0.2) is 4.98 Å². The molecule has 0 saturated carbocycles. The number of halogens is 1. The number of benzene rings is 1. The number of aromatic nitrogens is 1. The maximum atomic E-state index is 4.64. The molecule has 0 amide bonds. The molecule has 88 valence electrons. The van der Waals surface area contributed by atoms with E-state index in [0.29, 0.717) is 5.92 Å². The lowest BCUT2D eigenvalue weighted by molar-refractivity contribution is 0.704. The lowest BCUT2D eigenvalue weighted by Crippen LogP contribution is -2.00. The summed E-state index contributed by atoms with van der Waals surface area (Å²) < 4.78 is 0.897. The second-order valence-electron chi connectivity index (χ2n) is 4.18. The van der Waals surface area contributed by atoms with Crippen molar-refractivity contribution in [1.29, 1.82) is 0 Å². The molecule has 0 N–H and O–H groups in total. The van der Waals surface area contributed by atoms with Crippen molar-refractivity contribution in [2.45, 2.75) is 25.7 Å². The van der Waals surface area contributed by atoms with Gasteiger partial charge in [0.2, 0.25) is 0 Å². The smallest absolute Gasteiger partial charge is 0.107 e. The number of allylic oxidation sites excluding steroid dienone is 1. The van der Waals surface area contributed by atoms with Crippen molar-refractivity contribution in [1.82, 2.24) is 4.98 Å². The van der Waals surface area contributed by atoms with E-state index in [-0.39, 0.29) is 0 Å². The van der Waals surface area contributed by atoms with Crippen molar-refractivity contribution in [3.8, 4) is 0 Å². The van der Waals surface area contributed by atoms with Crippen LogP contribution in [0.5, 0.6) is 0 Å². The second kappa shape index (κ2) is 5.46. The SMILES string of the molecule is C=C[C@H](CCC)c1nc(Br)cc2ccccc12. The highest BCUT2D eigenvalue weighted by atomic mass is 79.9. The lowest BCUT2D eigenvalue weighted by atomic mass is 9.95. The fourth-order valence-electron chi connectivity index (χ4n) is 2.15. The number of hydrogen-bond acceptors (Lipinski definition) is 1. The van der Waals surface area contributed by atoms with Gasteiger partial charge in [-0.3, -0.25) is 0 Å². The zero-order chi connectivity index (χ0) is 12.3. The number of fused-ring (bicyclic) bond motifs is 1. The minimum absolute atomic E-state index is 0.336. The maximum absolute atomic E-state index is 4.64. The molecule has 0 unspecified atom stereocenters. The highest BCUT2D eigenvalue weighted by Crippen LogP contribution is 2.29. The number of pyridine rings is 1. The summed E-state index contributed by atoms with van der Waals surface area (Å²) >= 11 is 3.49. The van der Waals surface area contributed by atoms with Crippen molar-refractivity contribution in [3.05, 3.63) is 53.3 Å². The summed E-state index contributed by atoms with van der Waals surface area (Å²) in [7, 11) is 0. The molecule has 0 fully saturated rings. The molecular formula is C15H16BrN. The van der Waals surface area contributed by atoms with Crippen LogP contribution in [0.25, 0.3) is 10.8 Å². The van der Waals surface area contributed by atoms with E-state index in [9.17, 15) is 0 Å². The molecule has 0 spiro atoms. The van der Waals surface area contributed by atoms with E-state index < -0.39 is 0 Å². The van der Waals surface area contributed by atoms with Gasteiger partial charge in [-0.15, -0.1) is 6.58 Å². The van der Waals surface area contributed by atoms with Crippen molar-refractivity contribution in [3.63, 3.8) is 0 Å². The van der Waals surface area contributed by atoms with Crippen molar-refractivity contribution in [2.75, 3.05) is 0 Å². The standard InChI is InChI=1S/C15H16BrN/c1-3-7-11(4-2)15-13-9-6-5-8-12(13)10-14(16)17-15/h4-6,8-11H,2-3,7H2,1H3/t11-/m1/s1. The van der Waals surface area contributed by atoms with Gasteiger partial charge in [0.1, 0.15) is 4.60 Å². The van der Waals surface area contributed by atoms with Crippen molar-refractivity contribution < 1.29 is 0 Å². The summed E-state index contributed by atoms with van der Waals surface area (Å²) in [5, 5.41) is 2.46. The van der Waals surface area contributed by atoms with Crippen LogP contribution < -0.4 is 0 Å². The molecule has 2 aromatic rings. The Kier molecular flexibility index (Phi) is 3.95. The molecule has 1 atom stereocenters. The van der Waals surface area contributed by atoms with Crippen LogP contribution in [0, 0.1) is 0 Å². The summed E-state index contributed by atoms with van der Waals surface area (Å²) in [6, 6.07) is 10.4. The Morgan fingerprint density at radius 3 is 2.88 bits per heavy atom. The summed E-state index contributed by atoms with van der Waals surface area (Å²) in [5.41, 5.74) is 1.13. The zero-order valence-electron chi connectivity index (χ0n) is 9.99. The van der Waals surface area contributed by atoms with Gasteiger partial charge < -0.3 is 0 Å². The first-order chi connectivity index (χ1) is 8.26. The van der Waals surface area contributed by atoms with Crippen LogP contribution in [-0.2, 0) is 0 Å². The van der Waals surface area contributed by atoms with Crippen LogP contribution in [0.4, 0.5) is 0 Å². The lowest BCUT2D eigenvalue weighted by Gasteiger charge is -2.14. The first kappa shape index (κ1) is 12.3. The van der Waals surface area contributed by atoms with E-state index in [2.05, 4.69) is 64.7 Å². The Balaban J connectivity index is 2.61. The van der Waals surface area contributed by atoms with E-state index >= 15 is 0 Å². The average molecular weight is 290 g/mol. The molecular weight excluding hydrogens is 274 g/mol. The number of nitrogens with zero attached hydrogens (tertiary/aromatic N) is 1. The van der Waals surface area contributed by atoms with Gasteiger partial charge in [-0.05, 0) is 33.8 Å². The van der Waals surface area contributed by atoms with Crippen molar-refractivity contribution in [2.24, 2.45) is 0 Å². The fourth-order valence-corrected chi connectivity index (χ4v) is 2.59. The Hall–Kier alpha value is -1.15. The van der Waals surface area contributed by atoms with E-state index in [1.807, 2.05) is 6.08 Å². The number of hydrogen-bond donors (Lipinski definition) is 0. The summed E-state index contributed by atoms with van der Waals surface area (Å²) in [4.78, 5) is 4.64. The van der Waals surface area contributed by atoms with Crippen LogP contribution in [-0.4, -0.2) is 4.98 Å². The van der Waals surface area contributed by atoms with Gasteiger partial charge in [0.15, 0.2) is 0 Å². The van der Waals surface area contributed by atoms with Gasteiger partial charge in [-0.1, -0.05) is 43.7 Å². The molecule has 1 nitrogen and oxygen atoms in total. The summed E-state index contributed by atoms with van der Waals surface area (Å²) in [6.45, 7) is 6.13. The normalized spacial score (nSPS) is 12.6. The number of rotatable bonds is 4. The third kappa shape index (κ3) is 2.58. The Morgan fingerprint density at radius 2 is 2.18 bits per heavy atom. The first-order valence-electron chi connectivity index (χ1n) is 5.94. The summed E-state index contributed by atoms with van der Waals surface area (Å²) in [5.74, 6) is 0.336. The molecule has 0 aliphatic heterocycles. The molecule has 2 heteroatoms. The van der Waals surface area contributed by atoms with E-state index in [0.717, 1.165) is 23.1 Å².